The van der Waals surface area contributed by atoms with Crippen molar-refractivity contribution in [3.05, 3.63) is 0 Å². The topological polar surface area (TPSA) is 251 Å². The molecule has 0 aliphatic heterocycles. The second kappa shape index (κ2) is 14.0. The molecular formula is C19H33N5O9. The van der Waals surface area contributed by atoms with Crippen molar-refractivity contribution in [3.8, 4) is 0 Å². The first kappa shape index (κ1) is 29.7. The van der Waals surface area contributed by atoms with Crippen molar-refractivity contribution in [3.63, 3.8) is 0 Å². The van der Waals surface area contributed by atoms with Crippen LogP contribution in [0.5, 0.6) is 0 Å². The molecule has 10 N–H and O–H groups in total. The van der Waals surface area contributed by atoms with E-state index in [4.69, 9.17) is 16.6 Å². The number of rotatable bonds is 15. The van der Waals surface area contributed by atoms with E-state index in [0.717, 1.165) is 0 Å². The molecule has 0 spiro atoms. The lowest BCUT2D eigenvalue weighted by atomic mass is 10.0. The van der Waals surface area contributed by atoms with E-state index in [-0.39, 0.29) is 12.8 Å². The summed E-state index contributed by atoms with van der Waals surface area (Å²) in [6.45, 7) is 4.49. The molecule has 33 heavy (non-hydrogen) atoms. The van der Waals surface area contributed by atoms with Gasteiger partial charge in [-0.2, -0.15) is 0 Å². The van der Waals surface area contributed by atoms with E-state index in [9.17, 15) is 39.0 Å². The van der Waals surface area contributed by atoms with Gasteiger partial charge in [0.05, 0.1) is 6.10 Å². The third-order valence-electron chi connectivity index (χ3n) is 4.64. The highest BCUT2D eigenvalue weighted by molar-refractivity contribution is 5.94. The standard InChI is InChI=1S/C19H33N5O9/c1-8(2)15(24-17(30)14(21)9(3)25)18(31)22-10(4-6-12(20)26)16(29)23-11(19(32)33)5-7-13(27)28/h8-11,14-15,25H,4-7,21H2,1-3H3,(H2,20,26)(H,22,31)(H,23,29)(H,24,30)(H,27,28)(H,32,33). The van der Waals surface area contributed by atoms with Crippen LogP contribution in [0.3, 0.4) is 0 Å². The third kappa shape index (κ3) is 11.2. The van der Waals surface area contributed by atoms with Crippen LogP contribution in [0.25, 0.3) is 0 Å². The lowest BCUT2D eigenvalue weighted by Crippen LogP contribution is -2.59. The summed E-state index contributed by atoms with van der Waals surface area (Å²) in [5.41, 5.74) is 10.7. The molecule has 0 saturated carbocycles. The Morgan fingerprint density at radius 3 is 1.73 bits per heavy atom. The molecule has 0 bridgehead atoms. The van der Waals surface area contributed by atoms with Gasteiger partial charge in [-0.05, 0) is 25.7 Å². The Hall–Kier alpha value is -3.26. The summed E-state index contributed by atoms with van der Waals surface area (Å²) in [5, 5.41) is 34.3. The second-order valence-corrected chi connectivity index (χ2v) is 7.89. The Labute approximate surface area is 190 Å². The summed E-state index contributed by atoms with van der Waals surface area (Å²) in [6, 6.07) is -5.43. The fourth-order valence-electron chi connectivity index (χ4n) is 2.62. The fraction of sp³-hybridized carbons (Fsp3) is 0.684. The minimum absolute atomic E-state index is 0.274. The number of nitrogens with one attached hydrogen (secondary N) is 3. The maximum absolute atomic E-state index is 12.8. The second-order valence-electron chi connectivity index (χ2n) is 7.89. The van der Waals surface area contributed by atoms with Crippen LogP contribution < -0.4 is 27.4 Å². The van der Waals surface area contributed by atoms with Crippen molar-refractivity contribution in [1.29, 1.82) is 0 Å². The monoisotopic (exact) mass is 475 g/mol. The zero-order valence-corrected chi connectivity index (χ0v) is 18.7. The van der Waals surface area contributed by atoms with Gasteiger partial charge in [-0.3, -0.25) is 24.0 Å². The number of aliphatic hydroxyl groups is 1. The average molecular weight is 475 g/mol. The summed E-state index contributed by atoms with van der Waals surface area (Å²) >= 11 is 0. The molecule has 0 heterocycles. The van der Waals surface area contributed by atoms with Crippen LogP contribution in [0, 0.1) is 5.92 Å². The Bertz CT molecular complexity index is 741. The van der Waals surface area contributed by atoms with E-state index in [2.05, 4.69) is 16.0 Å². The molecule has 0 fully saturated rings. The van der Waals surface area contributed by atoms with Crippen molar-refractivity contribution in [2.24, 2.45) is 17.4 Å². The lowest BCUT2D eigenvalue weighted by molar-refractivity contribution is -0.143. The highest BCUT2D eigenvalue weighted by Crippen LogP contribution is 2.07. The number of carboxylic acids is 2. The van der Waals surface area contributed by atoms with E-state index in [1.54, 1.807) is 13.8 Å². The van der Waals surface area contributed by atoms with E-state index < -0.39 is 84.6 Å². The highest BCUT2D eigenvalue weighted by atomic mass is 16.4. The van der Waals surface area contributed by atoms with E-state index in [1.165, 1.54) is 6.92 Å². The average Bonchev–Trinajstić information content (AvgIpc) is 2.69. The molecule has 0 aromatic rings. The number of hydrogen-bond donors (Lipinski definition) is 8. The first-order chi connectivity index (χ1) is 15.2. The predicted octanol–water partition coefficient (Wildman–Crippen LogP) is -2.98. The van der Waals surface area contributed by atoms with Crippen molar-refractivity contribution in [2.45, 2.75) is 76.7 Å². The minimum atomic E-state index is -1.55. The fourth-order valence-corrected chi connectivity index (χ4v) is 2.62. The highest BCUT2D eigenvalue weighted by Gasteiger charge is 2.32. The Balaban J connectivity index is 5.53. The van der Waals surface area contributed by atoms with Crippen LogP contribution in [0.4, 0.5) is 0 Å². The van der Waals surface area contributed by atoms with E-state index in [0.29, 0.717) is 0 Å². The molecule has 14 nitrogen and oxygen atoms in total. The predicted molar refractivity (Wildman–Crippen MR) is 113 cm³/mol. The van der Waals surface area contributed by atoms with Crippen LogP contribution in [0.15, 0.2) is 0 Å². The molecular weight excluding hydrogens is 442 g/mol. The third-order valence-corrected chi connectivity index (χ3v) is 4.64. The van der Waals surface area contributed by atoms with Gasteiger partial charge >= 0.3 is 11.9 Å². The summed E-state index contributed by atoms with van der Waals surface area (Å²) in [7, 11) is 0. The largest absolute Gasteiger partial charge is 0.481 e. The Morgan fingerprint density at radius 2 is 1.30 bits per heavy atom. The van der Waals surface area contributed by atoms with Crippen molar-refractivity contribution in [1.82, 2.24) is 16.0 Å². The molecule has 0 aromatic heterocycles. The molecule has 0 aromatic carbocycles. The van der Waals surface area contributed by atoms with Crippen molar-refractivity contribution >= 4 is 35.6 Å². The summed E-state index contributed by atoms with van der Waals surface area (Å²) in [6.07, 6.45) is -2.72. The van der Waals surface area contributed by atoms with Gasteiger partial charge in [0.2, 0.25) is 23.6 Å². The van der Waals surface area contributed by atoms with Crippen LogP contribution in [0.1, 0.15) is 46.5 Å². The Kier molecular flexibility index (Phi) is 12.6. The number of amides is 4. The molecule has 14 heteroatoms. The molecule has 5 unspecified atom stereocenters. The number of carbonyl (C=O) groups is 6. The number of aliphatic carboxylic acids is 2. The molecule has 0 radical (unpaired) electrons. The van der Waals surface area contributed by atoms with Gasteiger partial charge in [0.25, 0.3) is 0 Å². The van der Waals surface area contributed by atoms with Crippen molar-refractivity contribution < 1.29 is 44.1 Å². The van der Waals surface area contributed by atoms with Crippen LogP contribution >= 0.6 is 0 Å². The van der Waals surface area contributed by atoms with Gasteiger partial charge in [-0.15, -0.1) is 0 Å². The van der Waals surface area contributed by atoms with E-state index >= 15 is 0 Å². The van der Waals surface area contributed by atoms with Crippen molar-refractivity contribution in [2.75, 3.05) is 0 Å². The molecule has 4 amide bonds. The molecule has 188 valence electrons. The summed E-state index contributed by atoms with van der Waals surface area (Å²) < 4.78 is 0. The molecule has 0 aliphatic rings. The van der Waals surface area contributed by atoms with Crippen LogP contribution in [-0.2, 0) is 28.8 Å². The van der Waals surface area contributed by atoms with Gasteiger partial charge < -0.3 is 42.7 Å². The normalized spacial score (nSPS) is 15.5. The van der Waals surface area contributed by atoms with Crippen LogP contribution in [-0.4, -0.2) is 81.2 Å². The quantitative estimate of drug-likeness (QED) is 0.119. The van der Waals surface area contributed by atoms with Gasteiger partial charge in [-0.1, -0.05) is 13.8 Å². The molecule has 0 saturated heterocycles. The summed E-state index contributed by atoms with van der Waals surface area (Å²) in [4.78, 5) is 70.8. The minimum Gasteiger partial charge on any atom is -0.481 e. The SMILES string of the molecule is CC(C)C(NC(=O)C(N)C(C)O)C(=O)NC(CCC(N)=O)C(=O)NC(CCC(=O)O)C(=O)O. The number of hydrogen-bond acceptors (Lipinski definition) is 8. The van der Waals surface area contributed by atoms with E-state index in [1.807, 2.05) is 0 Å². The maximum atomic E-state index is 12.8. The Morgan fingerprint density at radius 1 is 0.788 bits per heavy atom. The lowest BCUT2D eigenvalue weighted by Gasteiger charge is -2.27. The van der Waals surface area contributed by atoms with Crippen LogP contribution in [0.2, 0.25) is 0 Å². The van der Waals surface area contributed by atoms with Gasteiger partial charge in [0.1, 0.15) is 24.2 Å². The number of carboxylic acid groups (broad SMARTS) is 2. The smallest absolute Gasteiger partial charge is 0.326 e. The number of primary amides is 1. The molecule has 0 aliphatic carbocycles. The van der Waals surface area contributed by atoms with Gasteiger partial charge in [-0.25, -0.2) is 4.79 Å². The number of carbonyl (C=O) groups excluding carboxylic acids is 4. The molecule has 5 atom stereocenters. The number of aliphatic hydroxyl groups excluding tert-OH is 1. The molecule has 0 rings (SSSR count). The zero-order valence-electron chi connectivity index (χ0n) is 18.7. The van der Waals surface area contributed by atoms with Gasteiger partial charge in [0.15, 0.2) is 0 Å². The number of nitrogens with two attached hydrogens (primary N) is 2. The van der Waals surface area contributed by atoms with Gasteiger partial charge in [0, 0.05) is 12.8 Å². The maximum Gasteiger partial charge on any atom is 0.326 e. The summed E-state index contributed by atoms with van der Waals surface area (Å²) in [5.74, 6) is -6.60. The first-order valence-corrected chi connectivity index (χ1v) is 10.2. The first-order valence-electron chi connectivity index (χ1n) is 10.2. The zero-order chi connectivity index (χ0) is 25.9.